The van der Waals surface area contributed by atoms with E-state index >= 15 is 0 Å². The van der Waals surface area contributed by atoms with Gasteiger partial charge in [0.25, 0.3) is 5.56 Å². The molecule has 3 aromatic heterocycles. The fourth-order valence-corrected chi connectivity index (χ4v) is 4.47. The molecule has 0 atom stereocenters. The second-order valence-corrected chi connectivity index (χ2v) is 7.86. The quantitative estimate of drug-likeness (QED) is 0.376. The topological polar surface area (TPSA) is 50.6 Å². The third-order valence-electron chi connectivity index (χ3n) is 4.70. The lowest BCUT2D eigenvalue weighted by Gasteiger charge is -2.13. The number of nitrogens with zero attached hydrogens (tertiary/aromatic N) is 1. The zero-order chi connectivity index (χ0) is 19.5. The Morgan fingerprint density at radius 3 is 2.75 bits per heavy atom. The number of hydrogen-bond donors (Lipinski definition) is 1. The maximum Gasteiger partial charge on any atom is 0.263 e. The first kappa shape index (κ1) is 18.7. The SMILES string of the molecule is O=C(Cc1cc(-c2ccccc2)c(=O)n2ccc3ccsc3c12)NCCCCl. The molecular formula is C22H19ClN2O2S. The number of halogens is 1. The summed E-state index contributed by atoms with van der Waals surface area (Å²) >= 11 is 7.28. The molecule has 3 heterocycles. The molecule has 1 N–H and O–H groups in total. The van der Waals surface area contributed by atoms with E-state index in [4.69, 9.17) is 11.6 Å². The predicted molar refractivity (Wildman–Crippen MR) is 117 cm³/mol. The molecule has 0 aliphatic heterocycles. The molecule has 0 aliphatic carbocycles. The number of amides is 1. The van der Waals surface area contributed by atoms with Crippen LogP contribution in [0.25, 0.3) is 26.7 Å². The molecule has 0 bridgehead atoms. The van der Waals surface area contributed by atoms with Gasteiger partial charge in [0.15, 0.2) is 0 Å². The van der Waals surface area contributed by atoms with Gasteiger partial charge in [0.1, 0.15) is 0 Å². The zero-order valence-electron chi connectivity index (χ0n) is 15.2. The van der Waals surface area contributed by atoms with Crippen molar-refractivity contribution in [3.8, 4) is 11.1 Å². The summed E-state index contributed by atoms with van der Waals surface area (Å²) in [4.78, 5) is 25.7. The summed E-state index contributed by atoms with van der Waals surface area (Å²) in [6.07, 6.45) is 2.74. The first-order valence-electron chi connectivity index (χ1n) is 9.11. The second-order valence-electron chi connectivity index (χ2n) is 6.56. The summed E-state index contributed by atoms with van der Waals surface area (Å²) in [7, 11) is 0. The lowest BCUT2D eigenvalue weighted by atomic mass is 10.0. The van der Waals surface area contributed by atoms with Gasteiger partial charge < -0.3 is 5.32 Å². The highest BCUT2D eigenvalue weighted by Gasteiger charge is 2.16. The van der Waals surface area contributed by atoms with Crippen LogP contribution in [0.5, 0.6) is 0 Å². The Hall–Kier alpha value is -2.63. The number of pyridine rings is 2. The van der Waals surface area contributed by atoms with Crippen molar-refractivity contribution in [1.29, 1.82) is 0 Å². The molecule has 0 spiro atoms. The van der Waals surface area contributed by atoms with Crippen LogP contribution in [0.2, 0.25) is 0 Å². The molecular weight excluding hydrogens is 392 g/mol. The average Bonchev–Trinajstić information content (AvgIpc) is 3.19. The molecule has 6 heteroatoms. The van der Waals surface area contributed by atoms with Crippen molar-refractivity contribution in [2.45, 2.75) is 12.8 Å². The number of carbonyl (C=O) groups is 1. The van der Waals surface area contributed by atoms with Gasteiger partial charge in [0, 0.05) is 24.2 Å². The van der Waals surface area contributed by atoms with E-state index < -0.39 is 0 Å². The predicted octanol–water partition coefficient (Wildman–Crippen LogP) is 4.47. The van der Waals surface area contributed by atoms with Crippen LogP contribution in [0.4, 0.5) is 0 Å². The van der Waals surface area contributed by atoms with Crippen LogP contribution in [0.3, 0.4) is 0 Å². The van der Waals surface area contributed by atoms with Gasteiger partial charge >= 0.3 is 0 Å². The van der Waals surface area contributed by atoms with Crippen molar-refractivity contribution < 1.29 is 4.79 Å². The molecule has 0 aliphatic rings. The third kappa shape index (κ3) is 3.55. The molecule has 0 saturated heterocycles. The summed E-state index contributed by atoms with van der Waals surface area (Å²) in [6, 6.07) is 15.4. The Balaban J connectivity index is 1.89. The molecule has 1 aromatic carbocycles. The zero-order valence-corrected chi connectivity index (χ0v) is 16.7. The van der Waals surface area contributed by atoms with Gasteiger partial charge in [-0.25, -0.2) is 0 Å². The minimum Gasteiger partial charge on any atom is -0.356 e. The lowest BCUT2D eigenvalue weighted by molar-refractivity contribution is -0.120. The largest absolute Gasteiger partial charge is 0.356 e. The van der Waals surface area contributed by atoms with Crippen LogP contribution in [0.15, 0.2) is 64.9 Å². The van der Waals surface area contributed by atoms with Crippen molar-refractivity contribution >= 4 is 44.4 Å². The fourth-order valence-electron chi connectivity index (χ4n) is 3.37. The maximum atomic E-state index is 13.2. The number of aromatic nitrogens is 1. The molecule has 28 heavy (non-hydrogen) atoms. The molecule has 0 saturated carbocycles. The highest BCUT2D eigenvalue weighted by Crippen LogP contribution is 2.29. The van der Waals surface area contributed by atoms with Gasteiger partial charge in [0.2, 0.25) is 5.91 Å². The van der Waals surface area contributed by atoms with Gasteiger partial charge in [-0.2, -0.15) is 0 Å². The number of nitrogens with one attached hydrogen (secondary N) is 1. The highest BCUT2D eigenvalue weighted by molar-refractivity contribution is 7.18. The molecule has 142 valence electrons. The monoisotopic (exact) mass is 410 g/mol. The first-order valence-corrected chi connectivity index (χ1v) is 10.5. The van der Waals surface area contributed by atoms with Crippen molar-refractivity contribution in [2.75, 3.05) is 12.4 Å². The average molecular weight is 411 g/mol. The van der Waals surface area contributed by atoms with Crippen LogP contribution in [0, 0.1) is 0 Å². The number of benzene rings is 1. The van der Waals surface area contributed by atoms with Crippen LogP contribution in [-0.2, 0) is 11.2 Å². The van der Waals surface area contributed by atoms with Crippen LogP contribution in [-0.4, -0.2) is 22.7 Å². The molecule has 4 aromatic rings. The number of thiophene rings is 1. The van der Waals surface area contributed by atoms with E-state index in [1.807, 2.05) is 53.9 Å². The van der Waals surface area contributed by atoms with Gasteiger partial charge in [-0.15, -0.1) is 22.9 Å². The Kier molecular flexibility index (Phi) is 5.46. The molecule has 4 nitrogen and oxygen atoms in total. The standard InChI is InChI=1S/C22H19ClN2O2S/c23-9-4-10-24-19(26)14-17-13-18(15-5-2-1-3-6-15)22(27)25-11-7-16-8-12-28-21(16)20(17)25/h1-3,5-8,11-13H,4,9-10,14H2,(H,24,26). The van der Waals surface area contributed by atoms with E-state index in [1.165, 1.54) is 0 Å². The Bertz CT molecular complexity index is 1200. The minimum absolute atomic E-state index is 0.0711. The second kappa shape index (κ2) is 8.17. The number of carbonyl (C=O) groups excluding carboxylic acids is 1. The van der Waals surface area contributed by atoms with Crippen molar-refractivity contribution in [1.82, 2.24) is 9.72 Å². The molecule has 1 amide bonds. The van der Waals surface area contributed by atoms with Gasteiger partial charge in [-0.3, -0.25) is 14.0 Å². The van der Waals surface area contributed by atoms with Crippen LogP contribution >= 0.6 is 22.9 Å². The minimum atomic E-state index is -0.0807. The number of rotatable bonds is 6. The summed E-state index contributed by atoms with van der Waals surface area (Å²) in [6.45, 7) is 0.549. The molecule has 0 fully saturated rings. The van der Waals surface area contributed by atoms with Crippen molar-refractivity contribution in [3.05, 3.63) is 76.0 Å². The van der Waals surface area contributed by atoms with Crippen LogP contribution < -0.4 is 10.9 Å². The Morgan fingerprint density at radius 2 is 1.96 bits per heavy atom. The summed E-state index contributed by atoms with van der Waals surface area (Å²) in [5, 5.41) is 5.98. The lowest BCUT2D eigenvalue weighted by Crippen LogP contribution is -2.27. The number of hydrogen-bond acceptors (Lipinski definition) is 3. The highest BCUT2D eigenvalue weighted by atomic mass is 35.5. The normalized spacial score (nSPS) is 11.2. The Labute approximate surface area is 171 Å². The number of alkyl halides is 1. The summed E-state index contributed by atoms with van der Waals surface area (Å²) in [5.74, 6) is 0.441. The summed E-state index contributed by atoms with van der Waals surface area (Å²) in [5.41, 5.74) is 3.01. The van der Waals surface area contributed by atoms with Gasteiger partial charge in [0.05, 0.1) is 16.6 Å². The van der Waals surface area contributed by atoms with E-state index in [0.29, 0.717) is 18.0 Å². The van der Waals surface area contributed by atoms with E-state index in [1.54, 1.807) is 21.9 Å². The van der Waals surface area contributed by atoms with Crippen molar-refractivity contribution in [2.24, 2.45) is 0 Å². The number of fused-ring (bicyclic) bond motifs is 3. The van der Waals surface area contributed by atoms with E-state index in [9.17, 15) is 9.59 Å². The van der Waals surface area contributed by atoms with E-state index in [-0.39, 0.29) is 17.9 Å². The van der Waals surface area contributed by atoms with E-state index in [2.05, 4.69) is 5.32 Å². The first-order chi connectivity index (χ1) is 13.7. The van der Waals surface area contributed by atoms with Gasteiger partial charge in [-0.05, 0) is 46.5 Å². The Morgan fingerprint density at radius 1 is 1.14 bits per heavy atom. The smallest absolute Gasteiger partial charge is 0.263 e. The molecule has 0 radical (unpaired) electrons. The molecule has 4 rings (SSSR count). The van der Waals surface area contributed by atoms with Crippen LogP contribution in [0.1, 0.15) is 12.0 Å². The summed E-state index contributed by atoms with van der Waals surface area (Å²) < 4.78 is 2.69. The van der Waals surface area contributed by atoms with E-state index in [0.717, 1.165) is 33.2 Å². The van der Waals surface area contributed by atoms with Gasteiger partial charge in [-0.1, -0.05) is 30.3 Å². The fraction of sp³-hybridized carbons (Fsp3) is 0.182. The van der Waals surface area contributed by atoms with Crippen molar-refractivity contribution in [3.63, 3.8) is 0 Å². The maximum absolute atomic E-state index is 13.2. The third-order valence-corrected chi connectivity index (χ3v) is 5.90. The molecule has 0 unspecified atom stereocenters.